The van der Waals surface area contributed by atoms with E-state index in [-0.39, 0.29) is 62.8 Å². The fourth-order valence-corrected chi connectivity index (χ4v) is 7.01. The van der Waals surface area contributed by atoms with Crippen molar-refractivity contribution >= 4 is 55.1 Å². The zero-order valence-electron chi connectivity index (χ0n) is 29.3. The molecule has 316 valence electrons. The van der Waals surface area contributed by atoms with E-state index in [1.807, 2.05) is 39.2 Å². The Balaban J connectivity index is 0.000000213. The minimum Gasteiger partial charge on any atom is -0.382 e. The number of imidazole rings is 2. The van der Waals surface area contributed by atoms with E-state index in [1.165, 1.54) is 12.7 Å². The van der Waals surface area contributed by atoms with Crippen molar-refractivity contribution in [1.82, 2.24) is 39.0 Å². The van der Waals surface area contributed by atoms with Gasteiger partial charge in [-0.2, -0.15) is 8.42 Å². The van der Waals surface area contributed by atoms with Crippen LogP contribution in [0.5, 0.6) is 0 Å². The average molecular weight is 851 g/mol. The Hall–Kier alpha value is -3.66. The van der Waals surface area contributed by atoms with Crippen LogP contribution in [0.25, 0.3) is 22.3 Å². The molecule has 8 atom stereocenters. The van der Waals surface area contributed by atoms with Crippen LogP contribution in [0.3, 0.4) is 0 Å². The summed E-state index contributed by atoms with van der Waals surface area (Å²) in [5, 5.41) is 0. The van der Waals surface area contributed by atoms with Crippen LogP contribution in [0.4, 0.5) is 35.0 Å². The second kappa shape index (κ2) is 15.6. The lowest BCUT2D eigenvalue weighted by Crippen LogP contribution is -2.28. The van der Waals surface area contributed by atoms with Gasteiger partial charge in [-0.05, 0) is 40.5 Å². The average Bonchev–Trinajstić information content (AvgIpc) is 3.86. The van der Waals surface area contributed by atoms with Gasteiger partial charge in [-0.3, -0.25) is 9.13 Å². The molecule has 4 aromatic rings. The second-order valence-corrected chi connectivity index (χ2v) is 15.5. The lowest BCUT2D eigenvalue weighted by atomic mass is 10.1. The SMILES string of the molecule is C.C.CC[C@H]1O[C@@H](n2cnc3c(N)ncnc32)[C@H]2OC(C)(C)OC12.CC[C@H]1O[C@@H](n2cnc3c(N=S(=O)(F)F)ncnc32)[C@H]2OC(C)(C)OC12.O=S(F)(F)(F)F. The van der Waals surface area contributed by atoms with Crippen molar-refractivity contribution in [3.8, 4) is 0 Å². The number of fused-ring (bicyclic) bond motifs is 4. The maximum absolute atomic E-state index is 12.8. The lowest BCUT2D eigenvalue weighted by molar-refractivity contribution is -0.196. The molecule has 56 heavy (non-hydrogen) atoms. The van der Waals surface area contributed by atoms with Gasteiger partial charge in [0.25, 0.3) is 0 Å². The third kappa shape index (κ3) is 9.89. The van der Waals surface area contributed by atoms with Gasteiger partial charge in [0.05, 0.1) is 24.9 Å². The van der Waals surface area contributed by atoms with E-state index in [0.29, 0.717) is 23.4 Å². The largest absolute Gasteiger partial charge is 0.456 e. The number of anilines is 1. The Bertz CT molecular complexity index is 2200. The molecule has 0 saturated carbocycles. The molecule has 26 heteroatoms. The molecule has 2 N–H and O–H groups in total. The predicted molar refractivity (Wildman–Crippen MR) is 190 cm³/mol. The van der Waals surface area contributed by atoms with Gasteiger partial charge in [0.15, 0.2) is 52.5 Å². The molecule has 4 aliphatic rings. The summed E-state index contributed by atoms with van der Waals surface area (Å²) in [6, 6.07) is 0. The summed E-state index contributed by atoms with van der Waals surface area (Å²) in [6.07, 6.45) is 5.00. The number of rotatable bonds is 5. The molecule has 4 aromatic heterocycles. The number of hydrogen-bond donors (Lipinski definition) is 1. The summed E-state index contributed by atoms with van der Waals surface area (Å²) < 4.78 is 127. The Morgan fingerprint density at radius 2 is 1.12 bits per heavy atom. The molecular weight excluding hydrogens is 807 g/mol. The lowest BCUT2D eigenvalue weighted by Gasteiger charge is -2.24. The summed E-state index contributed by atoms with van der Waals surface area (Å²) in [5.74, 6) is -1.46. The number of nitrogens with two attached hydrogens (primary N) is 1. The maximum atomic E-state index is 12.8. The van der Waals surface area contributed by atoms with E-state index in [2.05, 4.69) is 41.2 Å². The third-order valence-corrected chi connectivity index (χ3v) is 8.91. The first-order valence-corrected chi connectivity index (χ1v) is 19.1. The van der Waals surface area contributed by atoms with E-state index in [1.54, 1.807) is 10.9 Å². The van der Waals surface area contributed by atoms with Crippen LogP contribution < -0.4 is 5.73 Å². The van der Waals surface area contributed by atoms with E-state index >= 15 is 0 Å². The quantitative estimate of drug-likeness (QED) is 0.170. The van der Waals surface area contributed by atoms with Crippen LogP contribution in [-0.4, -0.2) is 95.7 Å². The van der Waals surface area contributed by atoms with E-state index in [9.17, 15) is 27.5 Å². The van der Waals surface area contributed by atoms with Crippen molar-refractivity contribution in [2.24, 2.45) is 4.36 Å². The van der Waals surface area contributed by atoms with Crippen LogP contribution in [0.15, 0.2) is 29.7 Å². The summed E-state index contributed by atoms with van der Waals surface area (Å²) in [7, 11) is -13.5. The highest BCUT2D eigenvalue weighted by Crippen LogP contribution is 2.46. The Kier molecular flexibility index (Phi) is 12.5. The number of ether oxygens (including phenoxy) is 6. The first kappa shape index (κ1) is 45.0. The van der Waals surface area contributed by atoms with Gasteiger partial charge in [0, 0.05) is 0 Å². The highest BCUT2D eigenvalue weighted by atomic mass is 32.4. The number of nitrogens with zero attached hydrogens (tertiary/aromatic N) is 9. The molecule has 18 nitrogen and oxygen atoms in total. The second-order valence-electron chi connectivity index (χ2n) is 13.3. The van der Waals surface area contributed by atoms with Crippen LogP contribution in [0.2, 0.25) is 0 Å². The van der Waals surface area contributed by atoms with Crippen molar-refractivity contribution in [2.75, 3.05) is 5.73 Å². The molecule has 0 aromatic carbocycles. The van der Waals surface area contributed by atoms with E-state index in [4.69, 9.17) is 38.4 Å². The third-order valence-electron chi connectivity index (χ3n) is 8.52. The number of halogens is 6. The van der Waals surface area contributed by atoms with Crippen molar-refractivity contribution < 1.29 is 60.2 Å². The summed E-state index contributed by atoms with van der Waals surface area (Å²) in [5.41, 5.74) is 7.30. The van der Waals surface area contributed by atoms with Gasteiger partial charge in [-0.25, -0.2) is 29.9 Å². The number of nitrogen functional groups attached to an aromatic ring is 1. The van der Waals surface area contributed by atoms with E-state index in [0.717, 1.165) is 12.7 Å². The van der Waals surface area contributed by atoms with Crippen LogP contribution >= 0.6 is 0 Å². The monoisotopic (exact) mass is 850 g/mol. The standard InChI is InChI=1S/C14H17F2N5O4S.C14H19N5O3.2CH4.F4OS/c1-4-7-9-10(25-14(2,3)24-9)13(23-7)21-6-19-8-11(20-26(15,16)22)17-5-18-12(8)21;1-4-7-9-10(22-14(2,3)21-9)13(20-7)19-6-18-8-11(15)16-5-17-12(8)19;;;1-6(2,3,4)5/h5-7,9-10,13H,4H2,1-3H3;5-7,9-10,13H,4H2,1-3H3,(H2,15,16,17);2*1H4;/t2*7-,9?,10+,13-;;;/m11.../s1. The summed E-state index contributed by atoms with van der Waals surface area (Å²) in [6.45, 7) is 11.5. The predicted octanol–water partition coefficient (Wildman–Crippen LogP) is 6.38. The molecule has 0 bridgehead atoms. The molecule has 0 amide bonds. The minimum absolute atomic E-state index is 0. The fourth-order valence-electron chi connectivity index (χ4n) is 6.67. The first-order valence-electron chi connectivity index (χ1n) is 16.3. The normalized spacial score (nSPS) is 29.4. The molecule has 4 fully saturated rings. The van der Waals surface area contributed by atoms with Crippen LogP contribution in [0, 0.1) is 0 Å². The van der Waals surface area contributed by atoms with Gasteiger partial charge in [-0.1, -0.05) is 52.0 Å². The fraction of sp³-hybridized carbons (Fsp3) is 0.667. The highest BCUT2D eigenvalue weighted by Gasteiger charge is 2.56. The summed E-state index contributed by atoms with van der Waals surface area (Å²) >= 11 is 0. The molecule has 0 spiro atoms. The van der Waals surface area contributed by atoms with Crippen molar-refractivity contribution in [1.29, 1.82) is 0 Å². The topological polar surface area (TPSA) is 215 Å². The summed E-state index contributed by atoms with van der Waals surface area (Å²) in [4.78, 5) is 24.3. The molecule has 0 radical (unpaired) electrons. The van der Waals surface area contributed by atoms with Gasteiger partial charge in [0.2, 0.25) is 0 Å². The smallest absolute Gasteiger partial charge is 0.382 e. The Morgan fingerprint density at radius 3 is 1.55 bits per heavy atom. The zero-order chi connectivity index (χ0) is 39.6. The molecule has 4 aliphatic heterocycles. The number of aromatic nitrogens is 8. The maximum Gasteiger partial charge on any atom is 0.456 e. The van der Waals surface area contributed by atoms with Gasteiger partial charge >= 0.3 is 21.1 Å². The van der Waals surface area contributed by atoms with Crippen molar-refractivity contribution in [3.05, 3.63) is 25.3 Å². The van der Waals surface area contributed by atoms with Gasteiger partial charge < -0.3 is 34.2 Å². The van der Waals surface area contributed by atoms with E-state index < -0.39 is 50.8 Å². The van der Waals surface area contributed by atoms with Gasteiger partial charge in [-0.15, -0.1) is 4.36 Å². The molecule has 8 heterocycles. The molecule has 4 saturated heterocycles. The van der Waals surface area contributed by atoms with Crippen LogP contribution in [-0.2, 0) is 49.5 Å². The Labute approximate surface area is 319 Å². The molecule has 0 aliphatic carbocycles. The van der Waals surface area contributed by atoms with Crippen molar-refractivity contribution in [3.63, 3.8) is 0 Å². The number of hydrogen-bond acceptors (Lipinski definition) is 16. The molecule has 8 rings (SSSR count). The highest BCUT2D eigenvalue weighted by molar-refractivity contribution is 8.01. The molecular formula is C30H44F6N10O8S2. The van der Waals surface area contributed by atoms with Crippen LogP contribution in [0.1, 0.15) is 81.7 Å². The zero-order valence-corrected chi connectivity index (χ0v) is 30.9. The van der Waals surface area contributed by atoms with Crippen molar-refractivity contribution in [2.45, 2.75) is 130 Å². The Morgan fingerprint density at radius 1 is 0.732 bits per heavy atom. The molecule has 2 unspecified atom stereocenters. The minimum atomic E-state index is -8.10. The van der Waals surface area contributed by atoms with Gasteiger partial charge in [0.1, 0.15) is 42.6 Å². The first-order chi connectivity index (χ1) is 24.9.